The molecule has 1 aromatic heterocycles. The molecule has 3 rings (SSSR count). The molecule has 2 aromatic rings. The number of hydrogen-bond acceptors (Lipinski definition) is 3. The van der Waals surface area contributed by atoms with Crippen molar-refractivity contribution in [2.45, 2.75) is 33.3 Å². The lowest BCUT2D eigenvalue weighted by atomic mass is 10.2. The molecule has 4 nitrogen and oxygen atoms in total. The van der Waals surface area contributed by atoms with Crippen LogP contribution in [0.15, 0.2) is 30.3 Å². The first-order valence-corrected chi connectivity index (χ1v) is 7.74. The maximum atomic E-state index is 9.77. The summed E-state index contributed by atoms with van der Waals surface area (Å²) >= 11 is 0. The number of aliphatic hydroxyl groups is 1. The summed E-state index contributed by atoms with van der Waals surface area (Å²) in [6.45, 7) is 6.17. The average molecular weight is 285 g/mol. The lowest BCUT2D eigenvalue weighted by Gasteiger charge is -2.25. The molecule has 112 valence electrons. The molecule has 1 fully saturated rings. The molecule has 0 aliphatic heterocycles. The molecule has 1 N–H and O–H groups in total. The van der Waals surface area contributed by atoms with Crippen LogP contribution in [0.2, 0.25) is 0 Å². The normalized spacial score (nSPS) is 14.4. The number of rotatable bonds is 6. The summed E-state index contributed by atoms with van der Waals surface area (Å²) in [6.07, 6.45) is 2.65. The Morgan fingerprint density at radius 3 is 2.57 bits per heavy atom. The maximum Gasteiger partial charge on any atom is 0.138 e. The molecule has 0 unspecified atom stereocenters. The Morgan fingerprint density at radius 1 is 1.29 bits per heavy atom. The molecular weight excluding hydrogens is 262 g/mol. The number of nitrogens with zero attached hydrogens (tertiary/aromatic N) is 3. The number of aryl methyl sites for hydroxylation is 1. The topological polar surface area (TPSA) is 41.3 Å². The second kappa shape index (κ2) is 5.90. The summed E-state index contributed by atoms with van der Waals surface area (Å²) in [4.78, 5) is 2.36. The fraction of sp³-hybridized carbons (Fsp3) is 0.471. The Kier molecular flexibility index (Phi) is 3.97. The molecule has 1 aromatic carbocycles. The third kappa shape index (κ3) is 2.81. The Balaban J connectivity index is 2.06. The summed E-state index contributed by atoms with van der Waals surface area (Å²) in [5, 5.41) is 14.4. The van der Waals surface area contributed by atoms with Gasteiger partial charge in [-0.3, -0.25) is 0 Å². The highest BCUT2D eigenvalue weighted by Crippen LogP contribution is 2.34. The molecule has 21 heavy (non-hydrogen) atoms. The quantitative estimate of drug-likeness (QED) is 0.887. The molecule has 0 spiro atoms. The van der Waals surface area contributed by atoms with Crippen LogP contribution in [0.25, 0.3) is 5.69 Å². The van der Waals surface area contributed by atoms with Crippen LogP contribution < -0.4 is 4.90 Å². The van der Waals surface area contributed by atoms with Crippen molar-refractivity contribution in [2.24, 2.45) is 5.92 Å². The highest BCUT2D eigenvalue weighted by Gasteiger charge is 2.27. The molecule has 0 radical (unpaired) electrons. The Bertz CT molecular complexity index is 602. The molecule has 1 aliphatic carbocycles. The number of para-hydroxylation sites is 1. The number of aromatic nitrogens is 2. The minimum absolute atomic E-state index is 0.0369. The van der Waals surface area contributed by atoms with Crippen LogP contribution in [-0.2, 0) is 6.61 Å². The summed E-state index contributed by atoms with van der Waals surface area (Å²) in [5.41, 5.74) is 2.90. The predicted molar refractivity (Wildman–Crippen MR) is 84.8 cm³/mol. The van der Waals surface area contributed by atoms with Crippen molar-refractivity contribution in [3.63, 3.8) is 0 Å². The van der Waals surface area contributed by atoms with Crippen molar-refractivity contribution < 1.29 is 5.11 Å². The summed E-state index contributed by atoms with van der Waals surface area (Å²) in [7, 11) is 0. The first-order valence-electron chi connectivity index (χ1n) is 7.74. The number of aliphatic hydroxyl groups excluding tert-OH is 1. The largest absolute Gasteiger partial charge is 0.391 e. The van der Waals surface area contributed by atoms with Crippen LogP contribution >= 0.6 is 0 Å². The average Bonchev–Trinajstić information content (AvgIpc) is 3.27. The summed E-state index contributed by atoms with van der Waals surface area (Å²) in [5.74, 6) is 1.85. The molecule has 0 bridgehead atoms. The SMILES string of the molecule is CCN(CC1CC1)c1c(CO)c(C)nn1-c1ccccc1. The van der Waals surface area contributed by atoms with E-state index in [0.717, 1.165) is 41.8 Å². The van der Waals surface area contributed by atoms with E-state index in [9.17, 15) is 5.11 Å². The van der Waals surface area contributed by atoms with Gasteiger partial charge in [0.2, 0.25) is 0 Å². The van der Waals surface area contributed by atoms with Gasteiger partial charge in [0, 0.05) is 18.7 Å². The summed E-state index contributed by atoms with van der Waals surface area (Å²) < 4.78 is 1.98. The molecule has 0 saturated heterocycles. The van der Waals surface area contributed by atoms with E-state index in [-0.39, 0.29) is 6.61 Å². The van der Waals surface area contributed by atoms with Crippen LogP contribution in [0.5, 0.6) is 0 Å². The molecule has 1 aliphatic rings. The number of hydrogen-bond donors (Lipinski definition) is 1. The van der Waals surface area contributed by atoms with Crippen LogP contribution in [0.1, 0.15) is 31.0 Å². The van der Waals surface area contributed by atoms with Crippen LogP contribution in [0, 0.1) is 12.8 Å². The molecule has 0 atom stereocenters. The fourth-order valence-electron chi connectivity index (χ4n) is 2.78. The maximum absolute atomic E-state index is 9.77. The van der Waals surface area contributed by atoms with Crippen LogP contribution in [-0.4, -0.2) is 28.0 Å². The van der Waals surface area contributed by atoms with Crippen LogP contribution in [0.4, 0.5) is 5.82 Å². The third-order valence-corrected chi connectivity index (χ3v) is 4.17. The predicted octanol–water partition coefficient (Wildman–Crippen LogP) is 2.91. The highest BCUT2D eigenvalue weighted by atomic mass is 16.3. The van der Waals surface area contributed by atoms with Gasteiger partial charge in [-0.05, 0) is 44.7 Å². The minimum atomic E-state index is 0.0369. The van der Waals surface area contributed by atoms with Crippen molar-refractivity contribution >= 4 is 5.82 Å². The number of benzene rings is 1. The second-order valence-electron chi connectivity index (χ2n) is 5.78. The second-order valence-corrected chi connectivity index (χ2v) is 5.78. The Morgan fingerprint density at radius 2 is 2.00 bits per heavy atom. The third-order valence-electron chi connectivity index (χ3n) is 4.17. The molecule has 0 amide bonds. The van der Waals surface area contributed by atoms with Gasteiger partial charge in [-0.2, -0.15) is 5.10 Å². The van der Waals surface area contributed by atoms with E-state index in [0.29, 0.717) is 0 Å². The molecule has 4 heteroatoms. The lowest BCUT2D eigenvalue weighted by Crippen LogP contribution is -2.28. The Hall–Kier alpha value is -1.81. The molecule has 1 heterocycles. The zero-order valence-electron chi connectivity index (χ0n) is 12.8. The minimum Gasteiger partial charge on any atom is -0.391 e. The standard InChI is InChI=1S/C17H23N3O/c1-3-19(11-14-9-10-14)17-16(12-21)13(2)18-20(17)15-7-5-4-6-8-15/h4-8,14,21H,3,9-12H2,1-2H3. The summed E-state index contributed by atoms with van der Waals surface area (Å²) in [6, 6.07) is 10.2. The van der Waals surface area contributed by atoms with Gasteiger partial charge >= 0.3 is 0 Å². The van der Waals surface area contributed by atoms with Gasteiger partial charge in [0.05, 0.1) is 18.0 Å². The van der Waals surface area contributed by atoms with E-state index in [2.05, 4.69) is 29.1 Å². The monoisotopic (exact) mass is 285 g/mol. The molecule has 1 saturated carbocycles. The van der Waals surface area contributed by atoms with Crippen molar-refractivity contribution in [3.05, 3.63) is 41.6 Å². The van der Waals surface area contributed by atoms with Crippen molar-refractivity contribution in [2.75, 3.05) is 18.0 Å². The van der Waals surface area contributed by atoms with Gasteiger partial charge in [0.15, 0.2) is 0 Å². The van der Waals surface area contributed by atoms with Crippen LogP contribution in [0.3, 0.4) is 0 Å². The van der Waals surface area contributed by atoms with E-state index < -0.39 is 0 Å². The molecular formula is C17H23N3O. The van der Waals surface area contributed by atoms with E-state index in [1.165, 1.54) is 12.8 Å². The van der Waals surface area contributed by atoms with E-state index in [4.69, 9.17) is 0 Å². The zero-order valence-corrected chi connectivity index (χ0v) is 12.8. The van der Waals surface area contributed by atoms with Crippen molar-refractivity contribution in [1.29, 1.82) is 0 Å². The van der Waals surface area contributed by atoms with E-state index >= 15 is 0 Å². The first kappa shape index (κ1) is 14.1. The van der Waals surface area contributed by atoms with Gasteiger partial charge in [0.1, 0.15) is 5.82 Å². The van der Waals surface area contributed by atoms with Gasteiger partial charge in [0.25, 0.3) is 0 Å². The highest BCUT2D eigenvalue weighted by molar-refractivity contribution is 5.55. The lowest BCUT2D eigenvalue weighted by molar-refractivity contribution is 0.281. The smallest absolute Gasteiger partial charge is 0.138 e. The zero-order chi connectivity index (χ0) is 14.8. The van der Waals surface area contributed by atoms with Gasteiger partial charge < -0.3 is 10.0 Å². The van der Waals surface area contributed by atoms with E-state index in [1.54, 1.807) is 0 Å². The van der Waals surface area contributed by atoms with Gasteiger partial charge in [-0.15, -0.1) is 0 Å². The van der Waals surface area contributed by atoms with E-state index in [1.807, 2.05) is 29.8 Å². The number of anilines is 1. The van der Waals surface area contributed by atoms with Crippen molar-refractivity contribution in [1.82, 2.24) is 9.78 Å². The Labute approximate surface area is 126 Å². The van der Waals surface area contributed by atoms with Crippen molar-refractivity contribution in [3.8, 4) is 5.69 Å². The van der Waals surface area contributed by atoms with Gasteiger partial charge in [-0.1, -0.05) is 18.2 Å². The van der Waals surface area contributed by atoms with Gasteiger partial charge in [-0.25, -0.2) is 4.68 Å². The first-order chi connectivity index (χ1) is 10.2. The fourth-order valence-corrected chi connectivity index (χ4v) is 2.78.